The summed E-state index contributed by atoms with van der Waals surface area (Å²) in [4.78, 5) is 15.9. The molecule has 0 saturated heterocycles. The van der Waals surface area contributed by atoms with E-state index in [4.69, 9.17) is 11.6 Å². The maximum absolute atomic E-state index is 12.5. The van der Waals surface area contributed by atoms with E-state index in [0.29, 0.717) is 25.7 Å². The maximum Gasteiger partial charge on any atom is 0.260 e. The molecule has 0 radical (unpaired) electrons. The SMILES string of the molecule is O=c1[nH]c2sc(Cl)c(-c3cccc(CO)c3)c2c(O)c1-c1ccccc1. The first-order valence-corrected chi connectivity index (χ1v) is 9.12. The maximum atomic E-state index is 12.5. The van der Waals surface area contributed by atoms with Gasteiger partial charge in [-0.05, 0) is 22.8 Å². The molecule has 2 aromatic carbocycles. The van der Waals surface area contributed by atoms with Crippen LogP contribution >= 0.6 is 22.9 Å². The van der Waals surface area contributed by atoms with Crippen LogP contribution in [-0.2, 0) is 6.61 Å². The first kappa shape index (κ1) is 16.8. The molecule has 0 aliphatic heterocycles. The highest BCUT2D eigenvalue weighted by molar-refractivity contribution is 7.23. The number of aliphatic hydroxyl groups is 1. The van der Waals surface area contributed by atoms with Crippen molar-refractivity contribution >= 4 is 33.2 Å². The molecule has 0 aliphatic carbocycles. The number of hydrogen-bond donors (Lipinski definition) is 3. The van der Waals surface area contributed by atoms with Gasteiger partial charge in [0.25, 0.3) is 5.56 Å². The third-order valence-electron chi connectivity index (χ3n) is 4.25. The number of halogens is 1. The second-order valence-corrected chi connectivity index (χ2v) is 7.48. The minimum Gasteiger partial charge on any atom is -0.506 e. The van der Waals surface area contributed by atoms with E-state index in [2.05, 4.69) is 4.98 Å². The number of nitrogens with one attached hydrogen (secondary N) is 1. The average Bonchev–Trinajstić information content (AvgIpc) is 2.98. The van der Waals surface area contributed by atoms with Gasteiger partial charge in [-0.1, -0.05) is 60.1 Å². The molecular weight excluding hydrogens is 370 g/mol. The van der Waals surface area contributed by atoms with Crippen LogP contribution in [0.25, 0.3) is 32.5 Å². The van der Waals surface area contributed by atoms with E-state index in [0.717, 1.165) is 11.1 Å². The highest BCUT2D eigenvalue weighted by Crippen LogP contribution is 2.46. The van der Waals surface area contributed by atoms with Crippen LogP contribution < -0.4 is 5.56 Å². The quantitative estimate of drug-likeness (QED) is 0.477. The van der Waals surface area contributed by atoms with Gasteiger partial charge in [0, 0.05) is 5.56 Å². The summed E-state index contributed by atoms with van der Waals surface area (Å²) in [6.45, 7) is -0.0917. The fourth-order valence-electron chi connectivity index (χ4n) is 3.07. The molecule has 0 bridgehead atoms. The summed E-state index contributed by atoms with van der Waals surface area (Å²) in [6, 6.07) is 16.3. The molecule has 4 nitrogen and oxygen atoms in total. The van der Waals surface area contributed by atoms with E-state index in [1.165, 1.54) is 11.3 Å². The molecule has 0 amide bonds. The van der Waals surface area contributed by atoms with Crippen LogP contribution in [0.3, 0.4) is 0 Å². The summed E-state index contributed by atoms with van der Waals surface area (Å²) >= 11 is 7.65. The Balaban J connectivity index is 2.06. The van der Waals surface area contributed by atoms with Gasteiger partial charge in [0.2, 0.25) is 0 Å². The number of rotatable bonds is 3. The smallest absolute Gasteiger partial charge is 0.260 e. The van der Waals surface area contributed by atoms with Crippen molar-refractivity contribution < 1.29 is 10.2 Å². The van der Waals surface area contributed by atoms with Gasteiger partial charge in [-0.3, -0.25) is 4.79 Å². The molecule has 0 unspecified atom stereocenters. The van der Waals surface area contributed by atoms with Crippen molar-refractivity contribution in [3.63, 3.8) is 0 Å². The Kier molecular flexibility index (Phi) is 4.28. The summed E-state index contributed by atoms with van der Waals surface area (Å²) in [5.74, 6) is -0.0949. The van der Waals surface area contributed by atoms with Crippen molar-refractivity contribution in [2.75, 3.05) is 0 Å². The van der Waals surface area contributed by atoms with Crippen LogP contribution in [0.1, 0.15) is 5.56 Å². The highest BCUT2D eigenvalue weighted by Gasteiger charge is 2.21. The number of benzene rings is 2. The molecule has 130 valence electrons. The second-order valence-electron chi connectivity index (χ2n) is 5.86. The van der Waals surface area contributed by atoms with Crippen molar-refractivity contribution in [2.24, 2.45) is 0 Å². The number of hydrogen-bond acceptors (Lipinski definition) is 4. The largest absolute Gasteiger partial charge is 0.506 e. The number of aromatic nitrogens is 1. The fraction of sp³-hybridized carbons (Fsp3) is 0.0500. The lowest BCUT2D eigenvalue weighted by Gasteiger charge is -2.08. The zero-order valence-corrected chi connectivity index (χ0v) is 15.1. The summed E-state index contributed by atoms with van der Waals surface area (Å²) in [5.41, 5.74) is 2.64. The predicted octanol–water partition coefficient (Wildman–Crippen LogP) is 4.77. The number of fused-ring (bicyclic) bond motifs is 1. The molecule has 0 spiro atoms. The van der Waals surface area contributed by atoms with Crippen molar-refractivity contribution in [3.05, 3.63) is 74.9 Å². The zero-order valence-electron chi connectivity index (χ0n) is 13.5. The molecule has 0 fully saturated rings. The van der Waals surface area contributed by atoms with Crippen LogP contribution in [0.5, 0.6) is 5.75 Å². The van der Waals surface area contributed by atoms with Gasteiger partial charge in [-0.25, -0.2) is 0 Å². The third kappa shape index (κ3) is 2.70. The van der Waals surface area contributed by atoms with E-state index < -0.39 is 0 Å². The van der Waals surface area contributed by atoms with Crippen LogP contribution in [0.15, 0.2) is 59.4 Å². The number of H-pyrrole nitrogens is 1. The Bertz CT molecular complexity index is 1170. The van der Waals surface area contributed by atoms with Crippen LogP contribution in [0, 0.1) is 0 Å². The van der Waals surface area contributed by atoms with Gasteiger partial charge in [-0.2, -0.15) is 0 Å². The van der Waals surface area contributed by atoms with E-state index in [-0.39, 0.29) is 23.5 Å². The molecule has 0 saturated carbocycles. The minimum absolute atomic E-state index is 0.0917. The number of aliphatic hydroxyl groups excluding tert-OH is 1. The topological polar surface area (TPSA) is 73.3 Å². The van der Waals surface area contributed by atoms with Crippen molar-refractivity contribution in [1.82, 2.24) is 4.98 Å². The van der Waals surface area contributed by atoms with Gasteiger partial charge in [-0.15, -0.1) is 11.3 Å². The molecule has 3 N–H and O–H groups in total. The minimum atomic E-state index is -0.366. The lowest BCUT2D eigenvalue weighted by atomic mass is 9.99. The highest BCUT2D eigenvalue weighted by atomic mass is 35.5. The lowest BCUT2D eigenvalue weighted by Crippen LogP contribution is -2.08. The van der Waals surface area contributed by atoms with E-state index in [9.17, 15) is 15.0 Å². The van der Waals surface area contributed by atoms with Crippen LogP contribution in [0.4, 0.5) is 0 Å². The Morgan fingerprint density at radius 1 is 1.00 bits per heavy atom. The summed E-state index contributed by atoms with van der Waals surface area (Å²) in [5, 5.41) is 20.9. The molecule has 4 rings (SSSR count). The molecule has 0 aliphatic rings. The standard InChI is InChI=1S/C20H14ClNO3S/c21-18-14(13-8-4-5-11(9-13)10-23)16-17(24)15(12-6-2-1-3-7-12)19(25)22-20(16)26-18/h1-9,23H,10H2,(H2,22,24,25). The molecule has 0 atom stereocenters. The van der Waals surface area contributed by atoms with E-state index in [1.54, 1.807) is 12.1 Å². The molecule has 4 aromatic rings. The molecule has 26 heavy (non-hydrogen) atoms. The normalized spacial score (nSPS) is 11.2. The first-order valence-electron chi connectivity index (χ1n) is 7.93. The van der Waals surface area contributed by atoms with Gasteiger partial charge in [0.1, 0.15) is 14.9 Å². The zero-order chi connectivity index (χ0) is 18.3. The van der Waals surface area contributed by atoms with Gasteiger partial charge >= 0.3 is 0 Å². The van der Waals surface area contributed by atoms with Crippen LogP contribution in [-0.4, -0.2) is 15.2 Å². The fourth-order valence-corrected chi connectivity index (χ4v) is 4.45. The Labute approximate surface area is 158 Å². The van der Waals surface area contributed by atoms with Crippen LogP contribution in [0.2, 0.25) is 4.34 Å². The molecule has 6 heteroatoms. The molecule has 2 heterocycles. The van der Waals surface area contributed by atoms with Crippen molar-refractivity contribution in [1.29, 1.82) is 0 Å². The van der Waals surface area contributed by atoms with E-state index >= 15 is 0 Å². The Morgan fingerprint density at radius 2 is 1.73 bits per heavy atom. The average molecular weight is 384 g/mol. The third-order valence-corrected chi connectivity index (χ3v) is 5.57. The summed E-state index contributed by atoms with van der Waals surface area (Å²) < 4.78 is 0.464. The number of aromatic amines is 1. The molecular formula is C20H14ClNO3S. The van der Waals surface area contributed by atoms with Crippen molar-refractivity contribution in [2.45, 2.75) is 6.61 Å². The van der Waals surface area contributed by atoms with Gasteiger partial charge < -0.3 is 15.2 Å². The number of pyridine rings is 1. The summed E-state index contributed by atoms with van der Waals surface area (Å²) in [7, 11) is 0. The van der Waals surface area contributed by atoms with Gasteiger partial charge in [0.15, 0.2) is 0 Å². The number of aromatic hydroxyl groups is 1. The Hall–Kier alpha value is -2.60. The predicted molar refractivity (Wildman–Crippen MR) is 106 cm³/mol. The summed E-state index contributed by atoms with van der Waals surface area (Å²) in [6.07, 6.45) is 0. The number of thiophene rings is 1. The molecule has 2 aromatic heterocycles. The van der Waals surface area contributed by atoms with E-state index in [1.807, 2.05) is 42.5 Å². The van der Waals surface area contributed by atoms with Gasteiger partial charge in [0.05, 0.1) is 17.6 Å². The second kappa shape index (κ2) is 6.61. The first-order chi connectivity index (χ1) is 12.6. The van der Waals surface area contributed by atoms with Crippen molar-refractivity contribution in [3.8, 4) is 28.0 Å². The monoisotopic (exact) mass is 383 g/mol. The Morgan fingerprint density at radius 3 is 2.46 bits per heavy atom. The lowest BCUT2D eigenvalue weighted by molar-refractivity contribution is 0.282.